The molecule has 1 saturated heterocycles. The van der Waals surface area contributed by atoms with E-state index in [0.717, 1.165) is 12.0 Å². The Hall–Kier alpha value is -3.34. The van der Waals surface area contributed by atoms with Crippen molar-refractivity contribution in [2.24, 2.45) is 5.92 Å². The average Bonchev–Trinajstić information content (AvgIpc) is 2.79. The maximum Gasteiger partial charge on any atom is 0.255 e. The molecule has 0 bridgehead atoms. The van der Waals surface area contributed by atoms with Crippen LogP contribution < -0.4 is 0 Å². The van der Waals surface area contributed by atoms with E-state index in [4.69, 9.17) is 0 Å². The number of ketones is 1. The van der Waals surface area contributed by atoms with E-state index in [1.165, 1.54) is 12.3 Å². The van der Waals surface area contributed by atoms with Gasteiger partial charge in [-0.1, -0.05) is 42.5 Å². The number of nitrogens with zero attached hydrogens (tertiary/aromatic N) is 2. The third kappa shape index (κ3) is 4.09. The van der Waals surface area contributed by atoms with Crippen LogP contribution in [0.2, 0.25) is 0 Å². The van der Waals surface area contributed by atoms with Crippen LogP contribution in [-0.4, -0.2) is 34.7 Å². The quantitative estimate of drug-likeness (QED) is 0.613. The number of carbonyl (C=O) groups is 2. The number of hydrogen-bond donors (Lipinski definition) is 0. The van der Waals surface area contributed by atoms with E-state index < -0.39 is 5.82 Å². The summed E-state index contributed by atoms with van der Waals surface area (Å²) in [4.78, 5) is 31.3. The van der Waals surface area contributed by atoms with Gasteiger partial charge in [0.1, 0.15) is 5.82 Å². The largest absolute Gasteiger partial charge is 0.338 e. The fourth-order valence-corrected chi connectivity index (χ4v) is 3.80. The normalized spacial score (nSPS) is 16.4. The zero-order valence-corrected chi connectivity index (χ0v) is 15.9. The SMILES string of the molecule is O=C(c1ccc(-c2ccccc2)c(F)c1)C1CCCN(C(=O)c2cccnc2)C1. The highest BCUT2D eigenvalue weighted by molar-refractivity contribution is 5.99. The number of hydrogen-bond acceptors (Lipinski definition) is 3. The predicted molar refractivity (Wildman–Crippen MR) is 109 cm³/mol. The Labute approximate surface area is 169 Å². The number of carbonyl (C=O) groups excluding carboxylic acids is 2. The molecule has 0 saturated carbocycles. The van der Waals surface area contributed by atoms with E-state index in [2.05, 4.69) is 4.98 Å². The minimum Gasteiger partial charge on any atom is -0.338 e. The molecule has 4 nitrogen and oxygen atoms in total. The second kappa shape index (κ2) is 8.35. The second-order valence-corrected chi connectivity index (χ2v) is 7.26. The van der Waals surface area contributed by atoms with Crippen molar-refractivity contribution in [1.82, 2.24) is 9.88 Å². The Bertz CT molecular complexity index is 1020. The zero-order chi connectivity index (χ0) is 20.2. The molecule has 146 valence electrons. The van der Waals surface area contributed by atoms with E-state index in [1.807, 2.05) is 30.3 Å². The molecule has 1 aliphatic rings. The summed E-state index contributed by atoms with van der Waals surface area (Å²) in [7, 11) is 0. The Morgan fingerprint density at radius 1 is 1.00 bits per heavy atom. The summed E-state index contributed by atoms with van der Waals surface area (Å²) in [6, 6.07) is 17.3. The van der Waals surface area contributed by atoms with Gasteiger partial charge in [0.05, 0.1) is 5.56 Å². The van der Waals surface area contributed by atoms with Crippen molar-refractivity contribution in [1.29, 1.82) is 0 Å². The van der Waals surface area contributed by atoms with Crippen molar-refractivity contribution in [2.45, 2.75) is 12.8 Å². The fraction of sp³-hybridized carbons (Fsp3) is 0.208. The molecule has 2 aromatic carbocycles. The molecule has 1 aliphatic heterocycles. The van der Waals surface area contributed by atoms with Crippen LogP contribution in [0.1, 0.15) is 33.6 Å². The molecular weight excluding hydrogens is 367 g/mol. The maximum absolute atomic E-state index is 14.7. The molecule has 1 atom stereocenters. The molecule has 1 fully saturated rings. The fourth-order valence-electron chi connectivity index (χ4n) is 3.80. The zero-order valence-electron chi connectivity index (χ0n) is 15.9. The van der Waals surface area contributed by atoms with E-state index in [0.29, 0.717) is 36.2 Å². The van der Waals surface area contributed by atoms with Crippen LogP contribution in [0, 0.1) is 11.7 Å². The first kappa shape index (κ1) is 19.0. The monoisotopic (exact) mass is 388 g/mol. The number of benzene rings is 2. The number of piperidine rings is 1. The summed E-state index contributed by atoms with van der Waals surface area (Å²) < 4.78 is 14.7. The van der Waals surface area contributed by atoms with Gasteiger partial charge in [0.2, 0.25) is 0 Å². The van der Waals surface area contributed by atoms with E-state index >= 15 is 0 Å². The smallest absolute Gasteiger partial charge is 0.255 e. The van der Waals surface area contributed by atoms with Gasteiger partial charge < -0.3 is 4.90 Å². The van der Waals surface area contributed by atoms with Crippen LogP contribution in [0.25, 0.3) is 11.1 Å². The van der Waals surface area contributed by atoms with Gasteiger partial charge in [-0.25, -0.2) is 4.39 Å². The Balaban J connectivity index is 1.50. The predicted octanol–water partition coefficient (Wildman–Crippen LogP) is 4.62. The standard InChI is InChI=1S/C24H21FN2O2/c25-22-14-18(10-11-21(22)17-6-2-1-3-7-17)23(28)20-9-5-13-27(16-20)24(29)19-8-4-12-26-15-19/h1-4,6-8,10-12,14-15,20H,5,9,13,16H2. The molecule has 2 heterocycles. The van der Waals surface area contributed by atoms with Crippen molar-refractivity contribution in [3.8, 4) is 11.1 Å². The van der Waals surface area contributed by atoms with Crippen molar-refractivity contribution < 1.29 is 14.0 Å². The molecule has 0 N–H and O–H groups in total. The molecule has 0 spiro atoms. The molecule has 1 aromatic heterocycles. The lowest BCUT2D eigenvalue weighted by molar-refractivity contribution is 0.0636. The number of Topliss-reactive ketones (excluding diaryl/α,β-unsaturated/α-hetero) is 1. The molecule has 29 heavy (non-hydrogen) atoms. The van der Waals surface area contributed by atoms with E-state index in [1.54, 1.807) is 35.4 Å². The molecule has 5 heteroatoms. The van der Waals surface area contributed by atoms with Gasteiger partial charge in [-0.15, -0.1) is 0 Å². The number of rotatable bonds is 4. The van der Waals surface area contributed by atoms with Crippen molar-refractivity contribution >= 4 is 11.7 Å². The summed E-state index contributed by atoms with van der Waals surface area (Å²) in [5.74, 6) is -0.985. The summed E-state index contributed by atoms with van der Waals surface area (Å²) in [5.41, 5.74) is 2.11. The lowest BCUT2D eigenvalue weighted by Crippen LogP contribution is -2.42. The first-order valence-corrected chi connectivity index (χ1v) is 9.72. The van der Waals surface area contributed by atoms with Crippen LogP contribution >= 0.6 is 0 Å². The molecule has 4 rings (SSSR count). The van der Waals surface area contributed by atoms with Gasteiger partial charge in [-0.3, -0.25) is 14.6 Å². The summed E-state index contributed by atoms with van der Waals surface area (Å²) in [6.45, 7) is 0.952. The van der Waals surface area contributed by atoms with Crippen LogP contribution in [0.4, 0.5) is 4.39 Å². The number of aromatic nitrogens is 1. The van der Waals surface area contributed by atoms with Gasteiger partial charge >= 0.3 is 0 Å². The lowest BCUT2D eigenvalue weighted by atomic mass is 9.89. The average molecular weight is 388 g/mol. The molecule has 0 aliphatic carbocycles. The molecule has 0 radical (unpaired) electrons. The van der Waals surface area contributed by atoms with Crippen molar-refractivity contribution in [3.63, 3.8) is 0 Å². The van der Waals surface area contributed by atoms with Crippen molar-refractivity contribution in [2.75, 3.05) is 13.1 Å². The lowest BCUT2D eigenvalue weighted by Gasteiger charge is -2.32. The molecule has 1 amide bonds. The van der Waals surface area contributed by atoms with Crippen molar-refractivity contribution in [3.05, 3.63) is 90.0 Å². The van der Waals surface area contributed by atoms with Crippen LogP contribution in [-0.2, 0) is 0 Å². The number of halogens is 1. The third-order valence-corrected chi connectivity index (χ3v) is 5.33. The third-order valence-electron chi connectivity index (χ3n) is 5.33. The highest BCUT2D eigenvalue weighted by atomic mass is 19.1. The molecule has 3 aromatic rings. The van der Waals surface area contributed by atoms with Gasteiger partial charge in [0, 0.05) is 42.5 Å². The highest BCUT2D eigenvalue weighted by Crippen LogP contribution is 2.27. The van der Waals surface area contributed by atoms with Gasteiger partial charge in [-0.2, -0.15) is 0 Å². The Kier molecular flexibility index (Phi) is 5.47. The van der Waals surface area contributed by atoms with Crippen LogP contribution in [0.15, 0.2) is 73.1 Å². The number of likely N-dealkylation sites (tertiary alicyclic amines) is 1. The maximum atomic E-state index is 14.7. The summed E-state index contributed by atoms with van der Waals surface area (Å²) >= 11 is 0. The second-order valence-electron chi connectivity index (χ2n) is 7.26. The van der Waals surface area contributed by atoms with E-state index in [9.17, 15) is 14.0 Å². The van der Waals surface area contributed by atoms with Crippen LogP contribution in [0.5, 0.6) is 0 Å². The van der Waals surface area contributed by atoms with E-state index in [-0.39, 0.29) is 17.6 Å². The highest BCUT2D eigenvalue weighted by Gasteiger charge is 2.30. The van der Waals surface area contributed by atoms with Gasteiger partial charge in [0.25, 0.3) is 5.91 Å². The summed E-state index contributed by atoms with van der Waals surface area (Å²) in [6.07, 6.45) is 4.59. The molecular formula is C24H21FN2O2. The Morgan fingerprint density at radius 2 is 1.83 bits per heavy atom. The first-order valence-electron chi connectivity index (χ1n) is 9.72. The Morgan fingerprint density at radius 3 is 2.55 bits per heavy atom. The number of pyridine rings is 1. The topological polar surface area (TPSA) is 50.3 Å². The minimum atomic E-state index is -0.416. The van der Waals surface area contributed by atoms with Gasteiger partial charge in [0.15, 0.2) is 5.78 Å². The van der Waals surface area contributed by atoms with Crippen LogP contribution in [0.3, 0.4) is 0 Å². The van der Waals surface area contributed by atoms with Gasteiger partial charge in [-0.05, 0) is 36.6 Å². The minimum absolute atomic E-state index is 0.118. The summed E-state index contributed by atoms with van der Waals surface area (Å²) in [5, 5.41) is 0. The first-order chi connectivity index (χ1) is 14.1. The number of amides is 1. The molecule has 1 unspecified atom stereocenters.